The number of imidazole rings is 1. The van der Waals surface area contributed by atoms with Gasteiger partial charge in [-0.1, -0.05) is 91.0 Å². The summed E-state index contributed by atoms with van der Waals surface area (Å²) in [6.07, 6.45) is -0.503. The number of carbonyl (C=O) groups excluding carboxylic acids is 5. The first kappa shape index (κ1) is 47.7. The average molecular weight is 878 g/mol. The highest BCUT2D eigenvalue weighted by molar-refractivity contribution is 5.97. The van der Waals surface area contributed by atoms with Crippen LogP contribution in [0.5, 0.6) is 0 Å². The lowest BCUT2D eigenvalue weighted by molar-refractivity contribution is -0.146. The zero-order chi connectivity index (χ0) is 47.0. The fraction of sp³-hybridized carbons (Fsp3) is 0.348. The molecule has 3 aromatic carbocycles. The van der Waals surface area contributed by atoms with Crippen LogP contribution in [0.4, 0.5) is 15.4 Å². The Balaban J connectivity index is 1.49. The molecule has 2 aromatic heterocycles. The van der Waals surface area contributed by atoms with Crippen LogP contribution in [0.3, 0.4) is 0 Å². The Hall–Kier alpha value is -7.34. The Morgan fingerprint density at radius 2 is 1.31 bits per heavy atom. The second kappa shape index (κ2) is 19.8. The van der Waals surface area contributed by atoms with Crippen molar-refractivity contribution in [3.8, 4) is 0 Å². The third kappa shape index (κ3) is 11.4. The summed E-state index contributed by atoms with van der Waals surface area (Å²) >= 11 is 0. The van der Waals surface area contributed by atoms with Crippen molar-refractivity contribution in [2.24, 2.45) is 5.73 Å². The summed E-state index contributed by atoms with van der Waals surface area (Å²) in [7, 11) is 1.10. The number of rotatable bonds is 15. The van der Waals surface area contributed by atoms with Gasteiger partial charge in [0, 0.05) is 11.8 Å². The van der Waals surface area contributed by atoms with E-state index in [1.54, 1.807) is 54.1 Å². The Morgan fingerprint density at radius 1 is 0.797 bits per heavy atom. The molecular weight excluding hydrogens is 823 g/mol. The van der Waals surface area contributed by atoms with E-state index in [2.05, 4.69) is 25.6 Å². The number of primary amides is 1. The molecule has 5 rings (SSSR count). The highest BCUT2D eigenvalue weighted by Gasteiger charge is 2.40. The number of nitrogens with one attached hydrogen (secondary N) is 2. The van der Waals surface area contributed by atoms with E-state index in [1.807, 2.05) is 95.6 Å². The zero-order valence-electron chi connectivity index (χ0n) is 37.1. The summed E-state index contributed by atoms with van der Waals surface area (Å²) in [6, 6.07) is 26.0. The van der Waals surface area contributed by atoms with Crippen molar-refractivity contribution in [1.82, 2.24) is 35.1 Å². The molecule has 18 nitrogen and oxygen atoms in total. The van der Waals surface area contributed by atoms with E-state index in [1.165, 1.54) is 6.92 Å². The van der Waals surface area contributed by atoms with Gasteiger partial charge >= 0.3 is 18.2 Å². The first-order chi connectivity index (χ1) is 30.1. The number of ether oxygens (including phenoxy) is 3. The molecule has 7 N–H and O–H groups in total. The van der Waals surface area contributed by atoms with Gasteiger partial charge in [0.2, 0.25) is 5.91 Å². The molecule has 3 atom stereocenters. The first-order valence-electron chi connectivity index (χ1n) is 20.3. The third-order valence-corrected chi connectivity index (χ3v) is 9.79. The molecule has 4 amide bonds. The number of hydrogen-bond donors (Lipinski definition) is 5. The highest BCUT2D eigenvalue weighted by Crippen LogP contribution is 2.41. The summed E-state index contributed by atoms with van der Waals surface area (Å²) in [5.41, 5.74) is 11.4. The van der Waals surface area contributed by atoms with Gasteiger partial charge in [-0.05, 0) is 65.2 Å². The largest absolute Gasteiger partial charge is 0.467 e. The van der Waals surface area contributed by atoms with Crippen molar-refractivity contribution in [3.05, 3.63) is 143 Å². The van der Waals surface area contributed by atoms with Crippen LogP contribution in [0, 0.1) is 6.92 Å². The number of nitrogens with zero attached hydrogens (tertiary/aromatic N) is 5. The Morgan fingerprint density at radius 3 is 1.78 bits per heavy atom. The van der Waals surface area contributed by atoms with Crippen LogP contribution in [0.15, 0.2) is 104 Å². The number of aliphatic hydroxyl groups is 1. The van der Waals surface area contributed by atoms with Crippen molar-refractivity contribution in [2.45, 2.75) is 89.9 Å². The quantitative estimate of drug-likeness (QED) is 0.0551. The maximum atomic E-state index is 14.1. The number of nitrogens with two attached hydrogens (primary N) is 2. The van der Waals surface area contributed by atoms with Crippen LogP contribution in [0.1, 0.15) is 91.9 Å². The minimum absolute atomic E-state index is 0.0273. The third-order valence-electron chi connectivity index (χ3n) is 9.79. The lowest BCUT2D eigenvalue weighted by Gasteiger charge is -2.37. The predicted molar refractivity (Wildman–Crippen MR) is 235 cm³/mol. The fourth-order valence-electron chi connectivity index (χ4n) is 6.89. The van der Waals surface area contributed by atoms with Gasteiger partial charge < -0.3 is 46.0 Å². The van der Waals surface area contributed by atoms with Gasteiger partial charge in [-0.2, -0.15) is 0 Å². The van der Waals surface area contributed by atoms with Crippen molar-refractivity contribution in [2.75, 3.05) is 19.4 Å². The molecule has 0 radical (unpaired) electrons. The minimum atomic E-state index is -1.75. The van der Waals surface area contributed by atoms with Gasteiger partial charge in [0.05, 0.1) is 32.2 Å². The number of alkyl carbamates (subject to hydrolysis) is 1. The topological polar surface area (TPSA) is 256 Å². The fourth-order valence-corrected chi connectivity index (χ4v) is 6.89. The van der Waals surface area contributed by atoms with E-state index in [0.717, 1.165) is 28.7 Å². The van der Waals surface area contributed by atoms with Crippen LogP contribution in [-0.4, -0.2) is 96.4 Å². The average Bonchev–Trinajstić information content (AvgIpc) is 3.73. The molecule has 0 aliphatic heterocycles. The number of hydrogen-bond acceptors (Lipinski definition) is 13. The lowest BCUT2D eigenvalue weighted by Crippen LogP contribution is -2.53. The van der Waals surface area contributed by atoms with Crippen molar-refractivity contribution in [3.63, 3.8) is 0 Å². The SMILES string of the molecule is COC(=O)[C@@H](NC(=O)c1nc(CN(C[C@H](NC(=O)OC(C)(C)C)C(N)=O)C(=O)OC(C)(C)C)nc(N)c1C)[C@@H](O)c1cn(C(c2ccccc2)(c2ccccc2)c2ccccc2)cn1. The molecule has 5 aromatic rings. The van der Waals surface area contributed by atoms with Crippen molar-refractivity contribution in [1.29, 1.82) is 0 Å². The Kier molecular flexibility index (Phi) is 14.8. The number of anilines is 1. The van der Waals surface area contributed by atoms with Crippen LogP contribution < -0.4 is 22.1 Å². The van der Waals surface area contributed by atoms with Crippen LogP contribution in [-0.2, 0) is 35.9 Å². The molecule has 18 heteroatoms. The molecule has 2 heterocycles. The maximum Gasteiger partial charge on any atom is 0.410 e. The highest BCUT2D eigenvalue weighted by atomic mass is 16.6. The minimum Gasteiger partial charge on any atom is -0.467 e. The predicted octanol–water partition coefficient (Wildman–Crippen LogP) is 4.52. The molecule has 0 saturated carbocycles. The van der Waals surface area contributed by atoms with E-state index in [-0.39, 0.29) is 28.6 Å². The molecule has 0 saturated heterocycles. The van der Waals surface area contributed by atoms with Gasteiger partial charge in [-0.25, -0.2) is 29.3 Å². The number of benzene rings is 3. The maximum absolute atomic E-state index is 14.1. The molecule has 64 heavy (non-hydrogen) atoms. The molecule has 0 spiro atoms. The van der Waals surface area contributed by atoms with Gasteiger partial charge in [0.25, 0.3) is 5.91 Å². The first-order valence-corrected chi connectivity index (χ1v) is 20.3. The monoisotopic (exact) mass is 877 g/mol. The summed E-state index contributed by atoms with van der Waals surface area (Å²) in [5.74, 6) is -3.30. The van der Waals surface area contributed by atoms with Gasteiger partial charge in [0.1, 0.15) is 40.4 Å². The van der Waals surface area contributed by atoms with Crippen LogP contribution >= 0.6 is 0 Å². The molecule has 0 bridgehead atoms. The molecule has 0 aliphatic rings. The summed E-state index contributed by atoms with van der Waals surface area (Å²) in [6.45, 7) is 10.2. The smallest absolute Gasteiger partial charge is 0.410 e. The summed E-state index contributed by atoms with van der Waals surface area (Å²) < 4.78 is 17.7. The van der Waals surface area contributed by atoms with Gasteiger partial charge in [-0.3, -0.25) is 14.5 Å². The number of carbonyl (C=O) groups is 5. The summed E-state index contributed by atoms with van der Waals surface area (Å²) in [5, 5.41) is 16.8. The molecule has 338 valence electrons. The zero-order valence-corrected chi connectivity index (χ0v) is 37.1. The number of esters is 1. The molecular formula is C46H55N9O9. The van der Waals surface area contributed by atoms with E-state index in [9.17, 15) is 29.1 Å². The van der Waals surface area contributed by atoms with Crippen LogP contribution in [0.2, 0.25) is 0 Å². The van der Waals surface area contributed by atoms with Gasteiger partial charge in [0.15, 0.2) is 11.9 Å². The van der Waals surface area contributed by atoms with Crippen LogP contribution in [0.25, 0.3) is 0 Å². The van der Waals surface area contributed by atoms with E-state index < -0.39 is 78.0 Å². The van der Waals surface area contributed by atoms with E-state index in [4.69, 9.17) is 25.7 Å². The van der Waals surface area contributed by atoms with Crippen molar-refractivity contribution >= 4 is 35.8 Å². The van der Waals surface area contributed by atoms with E-state index in [0.29, 0.717) is 0 Å². The lowest BCUT2D eigenvalue weighted by atomic mass is 9.77. The number of amides is 4. The second-order valence-electron chi connectivity index (χ2n) is 16.9. The number of aliphatic hydroxyl groups excluding tert-OH is 1. The second-order valence-corrected chi connectivity index (χ2v) is 16.9. The normalized spacial score (nSPS) is 13.1. The molecule has 0 fully saturated rings. The molecule has 0 aliphatic carbocycles. The van der Waals surface area contributed by atoms with Gasteiger partial charge in [-0.15, -0.1) is 0 Å². The standard InChI is InChI=1S/C46H55N9O9/c1-28-35(51-34(52-38(28)47)26-54(43(61)64-45(5,6)7)24-33(39(48)57)50-42(60)63-44(2,3)4)40(58)53-36(41(59)62-8)37(56)32-25-55(27-49-32)46(29-18-12-9-13-19-29,30-20-14-10-15-21-30)31-22-16-11-17-23-31/h9-23,25,27,33,36-37,56H,24,26H2,1-8H3,(H2,48,57)(H,50,60)(H,53,58)(H2,47,51,52)/t33-,36-,37-/m0/s1. The number of aromatic nitrogens is 4. The van der Waals surface area contributed by atoms with E-state index >= 15 is 0 Å². The number of methoxy groups -OCH3 is 1. The molecule has 0 unspecified atom stereocenters. The number of nitrogen functional groups attached to an aromatic ring is 1. The Labute approximate surface area is 371 Å². The Bertz CT molecular complexity index is 2340. The summed E-state index contributed by atoms with van der Waals surface area (Å²) in [4.78, 5) is 80.4. The van der Waals surface area contributed by atoms with Crippen molar-refractivity contribution < 1.29 is 43.3 Å².